The molecule has 0 saturated carbocycles. The van der Waals surface area contributed by atoms with Crippen molar-refractivity contribution in [1.82, 2.24) is 15.5 Å². The molecular weight excluding hydrogens is 424 g/mol. The average molecular weight is 463 g/mol. The number of nitrogens with one attached hydrogen (secondary N) is 2. The maximum absolute atomic E-state index is 12.5. The summed E-state index contributed by atoms with van der Waals surface area (Å²) in [5, 5.41) is 15.3. The van der Waals surface area contributed by atoms with Gasteiger partial charge in [0, 0.05) is 31.1 Å². The van der Waals surface area contributed by atoms with Crippen molar-refractivity contribution in [3.63, 3.8) is 0 Å². The number of carboxylic acid groups (broad SMARTS) is 1. The van der Waals surface area contributed by atoms with Crippen LogP contribution in [0, 0.1) is 5.92 Å². The number of likely N-dealkylation sites (tertiary alicyclic amines) is 1. The molecule has 9 nitrogen and oxygen atoms in total. The van der Waals surface area contributed by atoms with E-state index in [1.54, 1.807) is 25.1 Å². The monoisotopic (exact) mass is 462 g/mol. The van der Waals surface area contributed by atoms with Gasteiger partial charge in [0.05, 0.1) is 12.8 Å². The molecule has 1 heterocycles. The lowest BCUT2D eigenvalue weighted by Crippen LogP contribution is -2.53. The Kier molecular flexibility index (Phi) is 9.52. The van der Waals surface area contributed by atoms with Gasteiger partial charge in [-0.05, 0) is 63.3 Å². The number of nitrogen functional groups attached to an aromatic ring is 1. The first kappa shape index (κ1) is 26.4. The van der Waals surface area contributed by atoms with Gasteiger partial charge in [0.2, 0.25) is 5.91 Å². The van der Waals surface area contributed by atoms with E-state index in [4.69, 9.17) is 10.5 Å². The lowest BCUT2D eigenvalue weighted by Gasteiger charge is -2.32. The number of amides is 2. The number of piperidine rings is 1. The van der Waals surface area contributed by atoms with E-state index in [0.29, 0.717) is 29.8 Å². The highest BCUT2D eigenvalue weighted by Gasteiger charge is 2.35. The number of methoxy groups -OCH3 is 1. The van der Waals surface area contributed by atoms with E-state index in [-0.39, 0.29) is 30.2 Å². The minimum Gasteiger partial charge on any atom is -0.495 e. The second-order valence-electron chi connectivity index (χ2n) is 9.43. The third-order valence-corrected chi connectivity index (χ3v) is 6.00. The van der Waals surface area contributed by atoms with Crippen LogP contribution in [-0.4, -0.2) is 66.1 Å². The molecule has 1 fully saturated rings. The van der Waals surface area contributed by atoms with Crippen molar-refractivity contribution in [2.45, 2.75) is 64.5 Å². The summed E-state index contributed by atoms with van der Waals surface area (Å²) in [6.07, 6.45) is 2.99. The molecule has 1 aliphatic heterocycles. The number of aliphatic carboxylic acids is 1. The number of carboxylic acids is 1. The van der Waals surface area contributed by atoms with Crippen LogP contribution in [0.25, 0.3) is 0 Å². The van der Waals surface area contributed by atoms with Crippen LogP contribution < -0.4 is 21.1 Å². The Balaban J connectivity index is 1.72. The van der Waals surface area contributed by atoms with E-state index in [2.05, 4.69) is 15.5 Å². The van der Waals surface area contributed by atoms with Crippen LogP contribution in [0.1, 0.15) is 63.2 Å². The first-order valence-electron chi connectivity index (χ1n) is 11.5. The molecule has 2 rings (SSSR count). The lowest BCUT2D eigenvalue weighted by molar-refractivity contribution is -0.147. The van der Waals surface area contributed by atoms with Gasteiger partial charge in [-0.2, -0.15) is 0 Å². The molecule has 1 atom stereocenters. The van der Waals surface area contributed by atoms with Crippen molar-refractivity contribution < 1.29 is 24.2 Å². The van der Waals surface area contributed by atoms with Gasteiger partial charge in [0.1, 0.15) is 11.3 Å². The predicted octanol–water partition coefficient (Wildman–Crippen LogP) is 2.26. The second-order valence-corrected chi connectivity index (χ2v) is 9.43. The molecule has 0 aliphatic carbocycles. The van der Waals surface area contributed by atoms with Gasteiger partial charge in [-0.3, -0.25) is 9.59 Å². The second kappa shape index (κ2) is 11.9. The Labute approximate surface area is 196 Å². The number of benzene rings is 1. The van der Waals surface area contributed by atoms with Gasteiger partial charge in [-0.15, -0.1) is 0 Å². The maximum Gasteiger partial charge on any atom is 0.329 e. The number of rotatable bonds is 11. The Hall–Kier alpha value is -2.81. The highest BCUT2D eigenvalue weighted by atomic mass is 16.5. The summed E-state index contributed by atoms with van der Waals surface area (Å²) >= 11 is 0. The fraction of sp³-hybridized carbons (Fsp3) is 0.625. The van der Waals surface area contributed by atoms with Crippen molar-refractivity contribution >= 4 is 23.5 Å². The number of carbonyl (C=O) groups excluding carboxylic acids is 2. The number of anilines is 1. The largest absolute Gasteiger partial charge is 0.495 e. The molecule has 1 saturated heterocycles. The van der Waals surface area contributed by atoms with E-state index >= 15 is 0 Å². The quantitative estimate of drug-likeness (QED) is 0.371. The lowest BCUT2D eigenvalue weighted by atomic mass is 9.90. The highest BCUT2D eigenvalue weighted by molar-refractivity contribution is 5.95. The molecular formula is C24H38N4O5. The third-order valence-electron chi connectivity index (χ3n) is 6.00. The van der Waals surface area contributed by atoms with Gasteiger partial charge in [-0.1, -0.05) is 13.8 Å². The molecule has 2 amide bonds. The molecule has 0 spiro atoms. The van der Waals surface area contributed by atoms with Crippen LogP contribution in [-0.2, 0) is 9.59 Å². The average Bonchev–Trinajstić information content (AvgIpc) is 2.74. The number of nitrogens with zero attached hydrogens (tertiary/aromatic N) is 1. The maximum atomic E-state index is 12.5. The molecule has 33 heavy (non-hydrogen) atoms. The molecule has 1 aromatic rings. The van der Waals surface area contributed by atoms with Crippen molar-refractivity contribution in [1.29, 1.82) is 0 Å². The topological polar surface area (TPSA) is 134 Å². The fourth-order valence-corrected chi connectivity index (χ4v) is 4.26. The molecule has 1 unspecified atom stereocenters. The number of hydrogen-bond acceptors (Lipinski definition) is 6. The standard InChI is InChI=1S/C24H38N4O5/c1-16(2)15-24(3,23(31)32)27-21(29)6-5-11-28-12-9-18(10-13-28)26-22(30)17-7-8-19(25)20(14-17)33-4/h7-8,14,16,18H,5-6,9-13,15,25H2,1-4H3,(H,26,30)(H,27,29)(H,31,32). The fourth-order valence-electron chi connectivity index (χ4n) is 4.26. The molecule has 184 valence electrons. The summed E-state index contributed by atoms with van der Waals surface area (Å²) in [6, 6.07) is 5.08. The van der Waals surface area contributed by atoms with Crippen molar-refractivity contribution in [3.05, 3.63) is 23.8 Å². The zero-order valence-corrected chi connectivity index (χ0v) is 20.1. The minimum atomic E-state index is -1.24. The summed E-state index contributed by atoms with van der Waals surface area (Å²) in [6.45, 7) is 7.86. The van der Waals surface area contributed by atoms with Crippen molar-refractivity contribution in [2.75, 3.05) is 32.5 Å². The van der Waals surface area contributed by atoms with E-state index in [1.807, 2.05) is 13.8 Å². The van der Waals surface area contributed by atoms with Gasteiger partial charge in [0.15, 0.2) is 0 Å². The van der Waals surface area contributed by atoms with Gasteiger partial charge < -0.3 is 31.1 Å². The van der Waals surface area contributed by atoms with E-state index in [1.165, 1.54) is 7.11 Å². The molecule has 0 bridgehead atoms. The number of hydrogen-bond donors (Lipinski definition) is 4. The smallest absolute Gasteiger partial charge is 0.329 e. The Morgan fingerprint density at radius 1 is 1.27 bits per heavy atom. The van der Waals surface area contributed by atoms with Crippen LogP contribution in [0.15, 0.2) is 18.2 Å². The van der Waals surface area contributed by atoms with E-state index in [9.17, 15) is 19.5 Å². The summed E-state index contributed by atoms with van der Waals surface area (Å²) in [5.41, 5.74) is 5.57. The normalized spacial score (nSPS) is 16.8. The summed E-state index contributed by atoms with van der Waals surface area (Å²) in [5.74, 6) is -0.747. The molecule has 1 aromatic carbocycles. The van der Waals surface area contributed by atoms with Crippen LogP contribution in [0.3, 0.4) is 0 Å². The van der Waals surface area contributed by atoms with Gasteiger partial charge >= 0.3 is 5.97 Å². The Bertz CT molecular complexity index is 836. The summed E-state index contributed by atoms with van der Waals surface area (Å²) < 4.78 is 5.18. The minimum absolute atomic E-state index is 0.0907. The Morgan fingerprint density at radius 3 is 2.52 bits per heavy atom. The van der Waals surface area contributed by atoms with E-state index < -0.39 is 11.5 Å². The molecule has 1 aliphatic rings. The van der Waals surface area contributed by atoms with E-state index in [0.717, 1.165) is 32.5 Å². The third kappa shape index (κ3) is 7.92. The molecule has 0 aromatic heterocycles. The Morgan fingerprint density at radius 2 is 1.94 bits per heavy atom. The first-order chi connectivity index (χ1) is 15.5. The molecule has 5 N–H and O–H groups in total. The SMILES string of the molecule is COc1cc(C(=O)NC2CCN(CCCC(=O)NC(C)(CC(C)C)C(=O)O)CC2)ccc1N. The highest BCUT2D eigenvalue weighted by Crippen LogP contribution is 2.22. The first-order valence-corrected chi connectivity index (χ1v) is 11.5. The van der Waals surface area contributed by atoms with Gasteiger partial charge in [0.25, 0.3) is 5.91 Å². The van der Waals surface area contributed by atoms with Gasteiger partial charge in [-0.25, -0.2) is 4.79 Å². The van der Waals surface area contributed by atoms with Crippen LogP contribution in [0.4, 0.5) is 5.69 Å². The number of carbonyl (C=O) groups is 3. The summed E-state index contributed by atoms with van der Waals surface area (Å²) in [7, 11) is 1.52. The zero-order valence-electron chi connectivity index (χ0n) is 20.1. The van der Waals surface area contributed by atoms with Crippen molar-refractivity contribution in [3.8, 4) is 5.75 Å². The molecule has 9 heteroatoms. The van der Waals surface area contributed by atoms with Crippen LogP contribution in [0.2, 0.25) is 0 Å². The zero-order chi connectivity index (χ0) is 24.6. The molecule has 0 radical (unpaired) electrons. The predicted molar refractivity (Wildman–Crippen MR) is 127 cm³/mol. The van der Waals surface area contributed by atoms with Crippen LogP contribution >= 0.6 is 0 Å². The number of nitrogens with two attached hydrogens (primary N) is 1. The van der Waals surface area contributed by atoms with Crippen LogP contribution in [0.5, 0.6) is 5.75 Å². The van der Waals surface area contributed by atoms with Crippen molar-refractivity contribution in [2.24, 2.45) is 5.92 Å². The summed E-state index contributed by atoms with van der Waals surface area (Å²) in [4.78, 5) is 38.7. The number of ether oxygens (including phenoxy) is 1.